The molecule has 182 valence electrons. The Morgan fingerprint density at radius 3 is 2.68 bits per heavy atom. The summed E-state index contributed by atoms with van der Waals surface area (Å²) in [5.74, 6) is -1.08. The second-order valence-electron chi connectivity index (χ2n) is 8.69. The fraction of sp³-hybridized carbons (Fsp3) is 0.480. The summed E-state index contributed by atoms with van der Waals surface area (Å²) < 4.78 is 11.1. The minimum Gasteiger partial charge on any atom is -0.467 e. The van der Waals surface area contributed by atoms with E-state index in [-0.39, 0.29) is 32.1 Å². The van der Waals surface area contributed by atoms with Crippen molar-refractivity contribution in [2.24, 2.45) is 5.92 Å². The highest BCUT2D eigenvalue weighted by Gasteiger charge is 2.62. The molecule has 0 bridgehead atoms. The fourth-order valence-electron chi connectivity index (χ4n) is 5.26. The lowest BCUT2D eigenvalue weighted by atomic mass is 9.86. The third-order valence-electron chi connectivity index (χ3n) is 6.67. The quantitative estimate of drug-likeness (QED) is 0.629. The number of urea groups is 1. The van der Waals surface area contributed by atoms with E-state index in [4.69, 9.17) is 9.15 Å². The van der Waals surface area contributed by atoms with Gasteiger partial charge in [-0.1, -0.05) is 18.2 Å². The number of nitrogens with zero attached hydrogens (tertiary/aromatic N) is 2. The summed E-state index contributed by atoms with van der Waals surface area (Å²) in [5, 5.41) is 12.5. The number of para-hydroxylation sites is 1. The van der Waals surface area contributed by atoms with Gasteiger partial charge in [-0.25, -0.2) is 4.79 Å². The van der Waals surface area contributed by atoms with Crippen LogP contribution in [0.2, 0.25) is 0 Å². The maximum atomic E-state index is 14.0. The number of ether oxygens (including phenoxy) is 1. The summed E-state index contributed by atoms with van der Waals surface area (Å²) in [5.41, 5.74) is -0.687. The molecular formula is C25H31N3O6. The molecule has 0 radical (unpaired) electrons. The molecule has 2 N–H and O–H groups in total. The van der Waals surface area contributed by atoms with Gasteiger partial charge in [0, 0.05) is 18.8 Å². The van der Waals surface area contributed by atoms with Crippen LogP contribution in [0.25, 0.3) is 0 Å². The molecule has 4 rings (SSSR count). The third-order valence-corrected chi connectivity index (χ3v) is 6.67. The van der Waals surface area contributed by atoms with Gasteiger partial charge >= 0.3 is 12.0 Å². The largest absolute Gasteiger partial charge is 0.467 e. The maximum Gasteiger partial charge on any atom is 0.323 e. The van der Waals surface area contributed by atoms with Crippen molar-refractivity contribution < 1.29 is 28.6 Å². The Morgan fingerprint density at radius 2 is 2.00 bits per heavy atom. The van der Waals surface area contributed by atoms with Crippen LogP contribution >= 0.6 is 0 Å². The van der Waals surface area contributed by atoms with Gasteiger partial charge in [0.25, 0.3) is 0 Å². The number of hydrogen-bond acceptors (Lipinski definition) is 6. The number of carbonyl (C=O) groups is 3. The monoisotopic (exact) mass is 469 g/mol. The van der Waals surface area contributed by atoms with Gasteiger partial charge in [0.1, 0.15) is 17.3 Å². The first-order chi connectivity index (χ1) is 16.5. The van der Waals surface area contributed by atoms with Gasteiger partial charge in [0.2, 0.25) is 5.91 Å². The van der Waals surface area contributed by atoms with E-state index in [1.165, 1.54) is 11.2 Å². The number of anilines is 1. The zero-order chi connectivity index (χ0) is 24.1. The first kappa shape index (κ1) is 23.8. The van der Waals surface area contributed by atoms with Gasteiger partial charge in [-0.2, -0.15) is 0 Å². The molecule has 2 aromatic rings. The summed E-state index contributed by atoms with van der Waals surface area (Å²) in [7, 11) is 0. The molecule has 3 amide bonds. The Bertz CT molecular complexity index is 995. The lowest BCUT2D eigenvalue weighted by molar-refractivity contribution is -0.149. The zero-order valence-corrected chi connectivity index (χ0v) is 19.3. The zero-order valence-electron chi connectivity index (χ0n) is 19.3. The standard InChI is InChI=1S/C25H31N3O6/c1-2-33-22(30)19-17-25(12-6-7-13-27(14-15-29)23(25)31)28(21(19)20-11-8-16-34-20)24(32)26-18-9-4-3-5-10-18/h3-5,8-11,16,19,21,29H,2,6-7,12-15,17H2,1H3,(H,26,32)/t19-,21+,25-/m0/s1. The van der Waals surface area contributed by atoms with E-state index in [1.807, 2.05) is 6.07 Å². The predicted molar refractivity (Wildman–Crippen MR) is 124 cm³/mol. The maximum absolute atomic E-state index is 14.0. The summed E-state index contributed by atoms with van der Waals surface area (Å²) in [6, 6.07) is 11.1. The van der Waals surface area contributed by atoms with Crippen LogP contribution in [-0.2, 0) is 14.3 Å². The number of furan rings is 1. The Labute approximate surface area is 198 Å². The topological polar surface area (TPSA) is 112 Å². The highest BCUT2D eigenvalue weighted by atomic mass is 16.5. The summed E-state index contributed by atoms with van der Waals surface area (Å²) in [6.07, 6.45) is 3.46. The summed E-state index contributed by atoms with van der Waals surface area (Å²) >= 11 is 0. The highest BCUT2D eigenvalue weighted by Crippen LogP contribution is 2.51. The second-order valence-corrected chi connectivity index (χ2v) is 8.69. The van der Waals surface area contributed by atoms with E-state index < -0.39 is 29.5 Å². The number of β-amino-alcohol motifs (C(OH)–C–C–N with tert-alkyl or cyclic N) is 1. The Morgan fingerprint density at radius 1 is 1.21 bits per heavy atom. The van der Waals surface area contributed by atoms with Crippen molar-refractivity contribution in [1.29, 1.82) is 0 Å². The lowest BCUT2D eigenvalue weighted by Crippen LogP contribution is -2.59. The molecule has 9 heteroatoms. The van der Waals surface area contributed by atoms with Crippen molar-refractivity contribution in [3.05, 3.63) is 54.5 Å². The minimum absolute atomic E-state index is 0.125. The number of hydrogen-bond donors (Lipinski definition) is 2. The SMILES string of the molecule is CCOC(=O)[C@H]1C[C@]2(CCCCN(CCO)C2=O)N(C(=O)Nc2ccccc2)[C@H]1c1ccco1. The molecule has 3 atom stereocenters. The first-order valence-corrected chi connectivity index (χ1v) is 11.8. The van der Waals surface area contributed by atoms with Crippen molar-refractivity contribution in [3.63, 3.8) is 0 Å². The molecule has 3 heterocycles. The molecule has 9 nitrogen and oxygen atoms in total. The van der Waals surface area contributed by atoms with Crippen molar-refractivity contribution in [3.8, 4) is 0 Å². The minimum atomic E-state index is -1.26. The van der Waals surface area contributed by atoms with Crippen LogP contribution in [0.15, 0.2) is 53.1 Å². The second kappa shape index (κ2) is 10.3. The highest BCUT2D eigenvalue weighted by molar-refractivity contribution is 5.98. The van der Waals surface area contributed by atoms with Crippen molar-refractivity contribution in [2.45, 2.75) is 44.2 Å². The van der Waals surface area contributed by atoms with Crippen LogP contribution in [0, 0.1) is 5.92 Å². The number of amides is 3. The average Bonchev–Trinajstić information content (AvgIpc) is 3.44. The number of aliphatic hydroxyl groups is 1. The van der Waals surface area contributed by atoms with Crippen LogP contribution in [0.3, 0.4) is 0 Å². The Hall–Kier alpha value is -3.33. The summed E-state index contributed by atoms with van der Waals surface area (Å²) in [4.78, 5) is 44.0. The molecule has 0 unspecified atom stereocenters. The first-order valence-electron chi connectivity index (χ1n) is 11.8. The van der Waals surface area contributed by atoms with Crippen molar-refractivity contribution in [2.75, 3.05) is 31.6 Å². The van der Waals surface area contributed by atoms with Crippen LogP contribution in [0.4, 0.5) is 10.5 Å². The van der Waals surface area contributed by atoms with Crippen molar-refractivity contribution in [1.82, 2.24) is 9.80 Å². The van der Waals surface area contributed by atoms with Gasteiger partial charge in [0.05, 0.1) is 25.4 Å². The van der Waals surface area contributed by atoms with Crippen molar-refractivity contribution >= 4 is 23.6 Å². The average molecular weight is 470 g/mol. The molecule has 0 saturated carbocycles. The molecule has 34 heavy (non-hydrogen) atoms. The van der Waals surface area contributed by atoms with E-state index in [1.54, 1.807) is 48.2 Å². The number of likely N-dealkylation sites (tertiary alicyclic amines) is 2. The number of aliphatic hydroxyl groups excluding tert-OH is 1. The normalized spacial score (nSPS) is 24.8. The van der Waals surface area contributed by atoms with Crippen LogP contribution in [0.5, 0.6) is 0 Å². The van der Waals surface area contributed by atoms with Gasteiger partial charge in [-0.15, -0.1) is 0 Å². The van der Waals surface area contributed by atoms with Crippen LogP contribution in [0.1, 0.15) is 44.4 Å². The number of nitrogens with one attached hydrogen (secondary N) is 1. The third kappa shape index (κ3) is 4.40. The molecule has 2 fully saturated rings. The molecule has 2 saturated heterocycles. The number of esters is 1. The molecule has 0 aliphatic carbocycles. The van der Waals surface area contributed by atoms with Crippen LogP contribution in [-0.4, -0.2) is 64.7 Å². The number of benzene rings is 1. The number of rotatable bonds is 6. The molecule has 2 aliphatic rings. The lowest BCUT2D eigenvalue weighted by Gasteiger charge is -2.40. The fourth-order valence-corrected chi connectivity index (χ4v) is 5.26. The Balaban J connectivity index is 1.82. The smallest absolute Gasteiger partial charge is 0.323 e. The van der Waals surface area contributed by atoms with Gasteiger partial charge in [-0.3, -0.25) is 14.5 Å². The van der Waals surface area contributed by atoms with Gasteiger partial charge in [-0.05, 0) is 56.9 Å². The van der Waals surface area contributed by atoms with E-state index in [9.17, 15) is 19.5 Å². The molecular weight excluding hydrogens is 438 g/mol. The van der Waals surface area contributed by atoms with Crippen LogP contribution < -0.4 is 5.32 Å². The van der Waals surface area contributed by atoms with E-state index in [2.05, 4.69) is 5.32 Å². The van der Waals surface area contributed by atoms with E-state index in [0.29, 0.717) is 30.8 Å². The Kier molecular flexibility index (Phi) is 7.21. The molecule has 1 spiro atoms. The molecule has 1 aromatic carbocycles. The molecule has 2 aliphatic heterocycles. The van der Waals surface area contributed by atoms with Gasteiger partial charge < -0.3 is 24.5 Å². The molecule has 1 aromatic heterocycles. The predicted octanol–water partition coefficient (Wildman–Crippen LogP) is 3.18. The van der Waals surface area contributed by atoms with Gasteiger partial charge in [0.15, 0.2) is 0 Å². The summed E-state index contributed by atoms with van der Waals surface area (Å²) in [6.45, 7) is 2.40. The number of carbonyl (C=O) groups excluding carboxylic acids is 3. The van der Waals surface area contributed by atoms with E-state index in [0.717, 1.165) is 6.42 Å². The van der Waals surface area contributed by atoms with E-state index >= 15 is 0 Å².